The first-order valence-electron chi connectivity index (χ1n) is 8.42. The van der Waals surface area contributed by atoms with Crippen LogP contribution < -0.4 is 5.32 Å². The summed E-state index contributed by atoms with van der Waals surface area (Å²) in [6.45, 7) is 5.48. The van der Waals surface area contributed by atoms with Gasteiger partial charge >= 0.3 is 0 Å². The second kappa shape index (κ2) is 8.22. The minimum Gasteiger partial charge on any atom is -0.361 e. The van der Waals surface area contributed by atoms with Gasteiger partial charge in [-0.15, -0.1) is 11.8 Å². The highest BCUT2D eigenvalue weighted by molar-refractivity contribution is 7.98. The van der Waals surface area contributed by atoms with Crippen LogP contribution in [0.4, 0.5) is 11.4 Å². The van der Waals surface area contributed by atoms with Crippen molar-refractivity contribution in [2.45, 2.75) is 31.6 Å². The van der Waals surface area contributed by atoms with E-state index in [0.29, 0.717) is 22.0 Å². The third-order valence-corrected chi connectivity index (χ3v) is 5.26. The maximum atomic E-state index is 12.8. The van der Waals surface area contributed by atoms with Crippen molar-refractivity contribution in [1.82, 2.24) is 10.1 Å². The summed E-state index contributed by atoms with van der Waals surface area (Å²) in [5.74, 6) is 0.922. The molecule has 9 heteroatoms. The van der Waals surface area contributed by atoms with Crippen LogP contribution in [0.2, 0.25) is 0 Å². The molecule has 28 heavy (non-hydrogen) atoms. The first-order chi connectivity index (χ1) is 13.4. The molecule has 8 nitrogen and oxygen atoms in total. The lowest BCUT2D eigenvalue weighted by molar-refractivity contribution is -0.384. The molecular formula is C19H18N4O4S. The van der Waals surface area contributed by atoms with Gasteiger partial charge in [0.05, 0.1) is 21.9 Å². The fourth-order valence-electron chi connectivity index (χ4n) is 2.57. The highest BCUT2D eigenvalue weighted by atomic mass is 32.2. The Morgan fingerprint density at radius 2 is 2.07 bits per heavy atom. The summed E-state index contributed by atoms with van der Waals surface area (Å²) in [6, 6.07) is 7.70. The summed E-state index contributed by atoms with van der Waals surface area (Å²) in [4.78, 5) is 27.6. The van der Waals surface area contributed by atoms with Gasteiger partial charge in [0.15, 0.2) is 0 Å². The molecule has 0 unspecified atom stereocenters. The number of anilines is 1. The van der Waals surface area contributed by atoms with E-state index in [4.69, 9.17) is 4.52 Å². The molecule has 0 aliphatic rings. The van der Waals surface area contributed by atoms with E-state index in [0.717, 1.165) is 22.6 Å². The maximum Gasteiger partial charge on any atom is 0.271 e. The number of aryl methyl sites for hydroxylation is 3. The molecule has 2 heterocycles. The van der Waals surface area contributed by atoms with Gasteiger partial charge in [-0.2, -0.15) is 0 Å². The predicted octanol–water partition coefficient (Wildman–Crippen LogP) is 4.45. The quantitative estimate of drug-likeness (QED) is 0.371. The Kier molecular flexibility index (Phi) is 5.74. The molecule has 0 atom stereocenters. The van der Waals surface area contributed by atoms with Crippen molar-refractivity contribution in [3.8, 4) is 0 Å². The van der Waals surface area contributed by atoms with Crippen molar-refractivity contribution in [2.75, 3.05) is 5.32 Å². The van der Waals surface area contributed by atoms with Crippen LogP contribution in [0.5, 0.6) is 0 Å². The Labute approximate surface area is 165 Å². The summed E-state index contributed by atoms with van der Waals surface area (Å²) >= 11 is 1.40. The number of pyridine rings is 1. The molecule has 144 valence electrons. The first kappa shape index (κ1) is 19.6. The smallest absolute Gasteiger partial charge is 0.271 e. The zero-order valence-electron chi connectivity index (χ0n) is 15.6. The van der Waals surface area contributed by atoms with Crippen molar-refractivity contribution >= 4 is 29.0 Å². The van der Waals surface area contributed by atoms with E-state index >= 15 is 0 Å². The molecule has 0 radical (unpaired) electrons. The number of benzene rings is 1. The van der Waals surface area contributed by atoms with Crippen LogP contribution in [-0.2, 0) is 5.75 Å². The minimum absolute atomic E-state index is 0.0832. The molecule has 0 aliphatic heterocycles. The number of carbonyl (C=O) groups excluding carboxylic acids is 1. The normalized spacial score (nSPS) is 10.7. The third-order valence-electron chi connectivity index (χ3n) is 4.23. The summed E-state index contributed by atoms with van der Waals surface area (Å²) in [5.41, 5.74) is 3.21. The average molecular weight is 398 g/mol. The number of amides is 1. The van der Waals surface area contributed by atoms with Crippen molar-refractivity contribution in [2.24, 2.45) is 0 Å². The van der Waals surface area contributed by atoms with Gasteiger partial charge in [0, 0.05) is 29.6 Å². The lowest BCUT2D eigenvalue weighted by atomic mass is 10.1. The predicted molar refractivity (Wildman–Crippen MR) is 106 cm³/mol. The number of carbonyl (C=O) groups is 1. The van der Waals surface area contributed by atoms with Gasteiger partial charge in [-0.3, -0.25) is 14.9 Å². The number of nitro groups is 1. The van der Waals surface area contributed by atoms with Gasteiger partial charge in [0.25, 0.3) is 11.6 Å². The Bertz CT molecular complexity index is 1030. The number of rotatable bonds is 6. The topological polar surface area (TPSA) is 111 Å². The standard InChI is InChI=1S/C19H18N4O4S/c1-11-6-7-14(23(25)26)9-17(11)21-18(24)15-5-4-8-20-19(15)28-10-16-12(2)22-27-13(16)3/h4-9H,10H2,1-3H3,(H,21,24). The van der Waals surface area contributed by atoms with Crippen LogP contribution >= 0.6 is 11.8 Å². The molecule has 1 N–H and O–H groups in total. The average Bonchev–Trinajstić information content (AvgIpc) is 2.99. The number of nitrogens with one attached hydrogen (secondary N) is 1. The summed E-state index contributed by atoms with van der Waals surface area (Å²) in [6.07, 6.45) is 1.62. The third kappa shape index (κ3) is 4.20. The van der Waals surface area contributed by atoms with Crippen molar-refractivity contribution in [1.29, 1.82) is 0 Å². The Balaban J connectivity index is 1.81. The van der Waals surface area contributed by atoms with E-state index in [-0.39, 0.29) is 11.6 Å². The number of hydrogen-bond acceptors (Lipinski definition) is 7. The second-order valence-electron chi connectivity index (χ2n) is 6.16. The molecule has 2 aromatic heterocycles. The molecule has 0 fully saturated rings. The molecule has 0 saturated heterocycles. The van der Waals surface area contributed by atoms with Gasteiger partial charge < -0.3 is 9.84 Å². The van der Waals surface area contributed by atoms with E-state index in [9.17, 15) is 14.9 Å². The minimum atomic E-state index is -0.496. The Morgan fingerprint density at radius 3 is 2.75 bits per heavy atom. The van der Waals surface area contributed by atoms with Crippen LogP contribution in [0.25, 0.3) is 0 Å². The van der Waals surface area contributed by atoms with Crippen molar-refractivity contribution in [3.63, 3.8) is 0 Å². The van der Waals surface area contributed by atoms with Crippen LogP contribution in [-0.4, -0.2) is 21.0 Å². The van der Waals surface area contributed by atoms with Gasteiger partial charge in [-0.05, 0) is 38.5 Å². The van der Waals surface area contributed by atoms with Crippen molar-refractivity contribution in [3.05, 3.63) is 74.8 Å². The second-order valence-corrected chi connectivity index (χ2v) is 7.12. The zero-order chi connectivity index (χ0) is 20.3. The molecule has 0 bridgehead atoms. The molecule has 3 aromatic rings. The van der Waals surface area contributed by atoms with Crippen LogP contribution in [0, 0.1) is 30.9 Å². The number of nitro benzene ring substituents is 1. The van der Waals surface area contributed by atoms with E-state index in [1.54, 1.807) is 31.3 Å². The highest BCUT2D eigenvalue weighted by Gasteiger charge is 2.17. The number of nitrogens with zero attached hydrogens (tertiary/aromatic N) is 3. The van der Waals surface area contributed by atoms with Crippen LogP contribution in [0.3, 0.4) is 0 Å². The molecular weight excluding hydrogens is 380 g/mol. The van der Waals surface area contributed by atoms with Gasteiger partial charge in [-0.1, -0.05) is 11.2 Å². The van der Waals surface area contributed by atoms with Crippen LogP contribution in [0.15, 0.2) is 46.1 Å². The number of non-ortho nitro benzene ring substituents is 1. The van der Waals surface area contributed by atoms with E-state index in [2.05, 4.69) is 15.5 Å². The summed E-state index contributed by atoms with van der Waals surface area (Å²) in [7, 11) is 0. The largest absolute Gasteiger partial charge is 0.361 e. The fraction of sp³-hybridized carbons (Fsp3) is 0.211. The molecule has 1 aromatic carbocycles. The van der Waals surface area contributed by atoms with Gasteiger partial charge in [0.1, 0.15) is 10.8 Å². The van der Waals surface area contributed by atoms with Crippen molar-refractivity contribution < 1.29 is 14.2 Å². The number of aromatic nitrogens is 2. The Morgan fingerprint density at radius 1 is 1.29 bits per heavy atom. The molecule has 0 saturated carbocycles. The van der Waals surface area contributed by atoms with E-state index in [1.165, 1.54) is 23.9 Å². The van der Waals surface area contributed by atoms with Gasteiger partial charge in [0.2, 0.25) is 0 Å². The highest BCUT2D eigenvalue weighted by Crippen LogP contribution is 2.28. The van der Waals surface area contributed by atoms with Gasteiger partial charge in [-0.25, -0.2) is 4.98 Å². The number of hydrogen-bond donors (Lipinski definition) is 1. The Hall–Kier alpha value is -3.20. The molecule has 0 spiro atoms. The summed E-state index contributed by atoms with van der Waals surface area (Å²) in [5, 5.41) is 18.2. The van der Waals surface area contributed by atoms with E-state index in [1.807, 2.05) is 13.8 Å². The number of thioether (sulfide) groups is 1. The lowest BCUT2D eigenvalue weighted by Gasteiger charge is -2.11. The van der Waals surface area contributed by atoms with E-state index < -0.39 is 4.92 Å². The first-order valence-corrected chi connectivity index (χ1v) is 9.41. The zero-order valence-corrected chi connectivity index (χ0v) is 16.4. The molecule has 0 aliphatic carbocycles. The molecule has 1 amide bonds. The maximum absolute atomic E-state index is 12.8. The summed E-state index contributed by atoms with van der Waals surface area (Å²) < 4.78 is 5.17. The lowest BCUT2D eigenvalue weighted by Crippen LogP contribution is -2.14. The monoisotopic (exact) mass is 398 g/mol. The fourth-order valence-corrected chi connectivity index (χ4v) is 3.72. The molecule has 3 rings (SSSR count). The van der Waals surface area contributed by atoms with Crippen LogP contribution in [0.1, 0.15) is 32.9 Å². The SMILES string of the molecule is Cc1ccc([N+](=O)[O-])cc1NC(=O)c1cccnc1SCc1c(C)noc1C.